The molecule has 4 heteroatoms. The lowest BCUT2D eigenvalue weighted by molar-refractivity contribution is 0.109. The van der Waals surface area contributed by atoms with E-state index in [2.05, 4.69) is 0 Å². The second-order valence-corrected chi connectivity index (χ2v) is 4.21. The molecule has 3 nitrogen and oxygen atoms in total. The van der Waals surface area contributed by atoms with Gasteiger partial charge in [-0.25, -0.2) is 0 Å². The summed E-state index contributed by atoms with van der Waals surface area (Å²) < 4.78 is 10.9. The lowest BCUT2D eigenvalue weighted by atomic mass is 10.3. The number of benzene rings is 1. The molecule has 0 radical (unpaired) electrons. The Labute approximate surface area is 104 Å². The van der Waals surface area contributed by atoms with Crippen LogP contribution >= 0.6 is 11.8 Å². The van der Waals surface area contributed by atoms with E-state index in [1.807, 2.05) is 30.5 Å². The van der Waals surface area contributed by atoms with E-state index in [1.165, 1.54) is 0 Å². The van der Waals surface area contributed by atoms with Crippen molar-refractivity contribution in [3.63, 3.8) is 0 Å². The molecule has 0 aliphatic heterocycles. The van der Waals surface area contributed by atoms with E-state index in [4.69, 9.17) is 9.15 Å². The van der Waals surface area contributed by atoms with Crippen LogP contribution in [-0.4, -0.2) is 12.5 Å². The molecule has 1 aromatic carbocycles. The van der Waals surface area contributed by atoms with E-state index in [9.17, 15) is 4.79 Å². The number of hydrogen-bond donors (Lipinski definition) is 0. The van der Waals surface area contributed by atoms with Crippen molar-refractivity contribution in [3.8, 4) is 5.75 Å². The summed E-state index contributed by atoms with van der Waals surface area (Å²) in [4.78, 5) is 11.5. The standard InChI is InChI=1S/C13H12O3S/c1-17-13-5-3-2-4-12(13)15-9-11-7-6-10(8-14)16-11/h2-8H,9H2,1H3. The second kappa shape index (κ2) is 5.59. The van der Waals surface area contributed by atoms with E-state index in [1.54, 1.807) is 23.9 Å². The molecule has 0 aliphatic rings. The lowest BCUT2D eigenvalue weighted by Crippen LogP contribution is -1.94. The van der Waals surface area contributed by atoms with Gasteiger partial charge in [0, 0.05) is 4.90 Å². The maximum atomic E-state index is 10.5. The van der Waals surface area contributed by atoms with Gasteiger partial charge in [0.15, 0.2) is 12.0 Å². The summed E-state index contributed by atoms with van der Waals surface area (Å²) in [6, 6.07) is 11.2. The summed E-state index contributed by atoms with van der Waals surface area (Å²) in [6.45, 7) is 0.325. The van der Waals surface area contributed by atoms with Crippen molar-refractivity contribution in [2.45, 2.75) is 11.5 Å². The van der Waals surface area contributed by atoms with Crippen LogP contribution in [0.4, 0.5) is 0 Å². The normalized spacial score (nSPS) is 10.2. The van der Waals surface area contributed by atoms with Crippen LogP contribution in [0, 0.1) is 0 Å². The first-order valence-electron chi connectivity index (χ1n) is 5.13. The zero-order valence-corrected chi connectivity index (χ0v) is 10.2. The third-order valence-electron chi connectivity index (χ3n) is 2.24. The maximum Gasteiger partial charge on any atom is 0.185 e. The molecule has 0 saturated heterocycles. The Morgan fingerprint density at radius 2 is 2.12 bits per heavy atom. The van der Waals surface area contributed by atoms with Gasteiger partial charge in [-0.05, 0) is 30.5 Å². The van der Waals surface area contributed by atoms with Gasteiger partial charge in [0.2, 0.25) is 0 Å². The fourth-order valence-corrected chi connectivity index (χ4v) is 1.97. The molecule has 0 unspecified atom stereocenters. The molecule has 0 spiro atoms. The van der Waals surface area contributed by atoms with Gasteiger partial charge >= 0.3 is 0 Å². The highest BCUT2D eigenvalue weighted by atomic mass is 32.2. The van der Waals surface area contributed by atoms with Crippen molar-refractivity contribution in [3.05, 3.63) is 47.9 Å². The van der Waals surface area contributed by atoms with Crippen molar-refractivity contribution in [1.82, 2.24) is 0 Å². The highest BCUT2D eigenvalue weighted by Gasteiger charge is 2.04. The van der Waals surface area contributed by atoms with Crippen LogP contribution in [0.5, 0.6) is 5.75 Å². The fraction of sp³-hybridized carbons (Fsp3) is 0.154. The number of thioether (sulfide) groups is 1. The Bertz CT molecular complexity index is 505. The van der Waals surface area contributed by atoms with Gasteiger partial charge in [0.05, 0.1) is 0 Å². The van der Waals surface area contributed by atoms with Crippen LogP contribution in [0.3, 0.4) is 0 Å². The Morgan fingerprint density at radius 1 is 1.29 bits per heavy atom. The quantitative estimate of drug-likeness (QED) is 0.600. The summed E-state index contributed by atoms with van der Waals surface area (Å²) in [6.07, 6.45) is 2.68. The van der Waals surface area contributed by atoms with Gasteiger partial charge < -0.3 is 9.15 Å². The van der Waals surface area contributed by atoms with E-state index >= 15 is 0 Å². The molecular formula is C13H12O3S. The van der Waals surface area contributed by atoms with E-state index in [-0.39, 0.29) is 0 Å². The smallest absolute Gasteiger partial charge is 0.185 e. The molecule has 88 valence electrons. The van der Waals surface area contributed by atoms with Crippen LogP contribution < -0.4 is 4.74 Å². The maximum absolute atomic E-state index is 10.5. The first kappa shape index (κ1) is 11.8. The first-order chi connectivity index (χ1) is 8.33. The third kappa shape index (κ3) is 2.91. The number of furan rings is 1. The summed E-state index contributed by atoms with van der Waals surface area (Å²) in [5, 5.41) is 0. The average molecular weight is 248 g/mol. The highest BCUT2D eigenvalue weighted by molar-refractivity contribution is 7.98. The van der Waals surface area contributed by atoms with E-state index in [0.717, 1.165) is 10.6 Å². The molecule has 0 fully saturated rings. The number of hydrogen-bond acceptors (Lipinski definition) is 4. The zero-order valence-electron chi connectivity index (χ0n) is 9.38. The highest BCUT2D eigenvalue weighted by Crippen LogP contribution is 2.27. The summed E-state index contributed by atoms with van der Waals surface area (Å²) in [5.41, 5.74) is 0. The van der Waals surface area contributed by atoms with Gasteiger partial charge in [0.1, 0.15) is 18.1 Å². The molecule has 1 heterocycles. The summed E-state index contributed by atoms with van der Waals surface area (Å²) in [5.74, 6) is 1.79. The summed E-state index contributed by atoms with van der Waals surface area (Å²) >= 11 is 1.63. The molecule has 2 aromatic rings. The van der Waals surface area contributed by atoms with Crippen LogP contribution in [-0.2, 0) is 6.61 Å². The first-order valence-corrected chi connectivity index (χ1v) is 6.35. The Balaban J connectivity index is 2.04. The van der Waals surface area contributed by atoms with Crippen molar-refractivity contribution in [2.75, 3.05) is 6.26 Å². The van der Waals surface area contributed by atoms with Crippen LogP contribution in [0.2, 0.25) is 0 Å². The number of ether oxygens (including phenoxy) is 1. The predicted octanol–water partition coefficient (Wildman–Crippen LogP) is 3.39. The molecular weight excluding hydrogens is 236 g/mol. The molecule has 0 N–H and O–H groups in total. The molecule has 0 bridgehead atoms. The van der Waals surface area contributed by atoms with Crippen molar-refractivity contribution in [1.29, 1.82) is 0 Å². The molecule has 0 amide bonds. The number of aldehydes is 1. The van der Waals surface area contributed by atoms with E-state index < -0.39 is 0 Å². The monoisotopic (exact) mass is 248 g/mol. The molecule has 2 rings (SSSR count). The van der Waals surface area contributed by atoms with Gasteiger partial charge in [-0.3, -0.25) is 4.79 Å². The van der Waals surface area contributed by atoms with Gasteiger partial charge in [-0.2, -0.15) is 0 Å². The molecule has 17 heavy (non-hydrogen) atoms. The molecule has 0 aliphatic carbocycles. The van der Waals surface area contributed by atoms with Crippen LogP contribution in [0.15, 0.2) is 45.7 Å². The molecule has 1 aromatic heterocycles. The minimum Gasteiger partial charge on any atom is -0.484 e. The number of carbonyl (C=O) groups excluding carboxylic acids is 1. The number of rotatable bonds is 5. The van der Waals surface area contributed by atoms with Crippen LogP contribution in [0.25, 0.3) is 0 Å². The Hall–Kier alpha value is -1.68. The Morgan fingerprint density at radius 3 is 2.82 bits per heavy atom. The molecule has 0 saturated carbocycles. The summed E-state index contributed by atoms with van der Waals surface area (Å²) in [7, 11) is 0. The van der Waals surface area contributed by atoms with Crippen molar-refractivity contribution < 1.29 is 13.9 Å². The predicted molar refractivity (Wildman–Crippen MR) is 66.7 cm³/mol. The average Bonchev–Trinajstić information content (AvgIpc) is 2.84. The van der Waals surface area contributed by atoms with Gasteiger partial charge in [-0.15, -0.1) is 11.8 Å². The zero-order chi connectivity index (χ0) is 12.1. The lowest BCUT2D eigenvalue weighted by Gasteiger charge is -2.07. The second-order valence-electron chi connectivity index (χ2n) is 3.36. The number of para-hydroxylation sites is 1. The van der Waals surface area contributed by atoms with Gasteiger partial charge in [0.25, 0.3) is 0 Å². The SMILES string of the molecule is CSc1ccccc1OCc1ccc(C=O)o1. The Kier molecular flexibility index (Phi) is 3.88. The van der Waals surface area contributed by atoms with E-state index in [0.29, 0.717) is 24.4 Å². The van der Waals surface area contributed by atoms with Crippen LogP contribution in [0.1, 0.15) is 16.3 Å². The largest absolute Gasteiger partial charge is 0.484 e. The van der Waals surface area contributed by atoms with Gasteiger partial charge in [-0.1, -0.05) is 12.1 Å². The fourth-order valence-electron chi connectivity index (χ4n) is 1.42. The minimum atomic E-state index is 0.321. The van der Waals surface area contributed by atoms with Crippen molar-refractivity contribution >= 4 is 18.0 Å². The minimum absolute atomic E-state index is 0.321. The molecule has 0 atom stereocenters. The van der Waals surface area contributed by atoms with Crippen molar-refractivity contribution in [2.24, 2.45) is 0 Å². The number of carbonyl (C=O) groups is 1. The third-order valence-corrected chi connectivity index (χ3v) is 3.01. The topological polar surface area (TPSA) is 39.4 Å².